The molecule has 0 unspecified atom stereocenters. The quantitative estimate of drug-likeness (QED) is 0.898. The molecule has 2 N–H and O–H groups in total. The minimum Gasteiger partial charge on any atom is -0.480 e. The molecule has 1 amide bonds. The van der Waals surface area contributed by atoms with Crippen molar-refractivity contribution in [1.29, 1.82) is 0 Å². The van der Waals surface area contributed by atoms with Crippen LogP contribution in [0.5, 0.6) is 0 Å². The summed E-state index contributed by atoms with van der Waals surface area (Å²) in [5.74, 6) is -6.57. The molecule has 1 atom stereocenters. The van der Waals surface area contributed by atoms with Gasteiger partial charge in [-0.2, -0.15) is 0 Å². The highest BCUT2D eigenvalue weighted by Crippen LogP contribution is 2.27. The van der Waals surface area contributed by atoms with Gasteiger partial charge in [0.25, 0.3) is 5.91 Å². The van der Waals surface area contributed by atoms with Gasteiger partial charge in [-0.15, -0.1) is 0 Å². The largest absolute Gasteiger partial charge is 0.480 e. The first-order valence-electron chi connectivity index (χ1n) is 7.08. The molecule has 0 radical (unpaired) electrons. The third kappa shape index (κ3) is 3.58. The maximum atomic E-state index is 13.6. The first-order valence-corrected chi connectivity index (χ1v) is 7.08. The lowest BCUT2D eigenvalue weighted by atomic mass is 9.84. The highest BCUT2D eigenvalue weighted by atomic mass is 19.1. The number of aliphatic carboxylic acids is 1. The molecule has 1 saturated carbocycles. The summed E-state index contributed by atoms with van der Waals surface area (Å²) in [6.07, 6.45) is 3.96. The zero-order valence-electron chi connectivity index (χ0n) is 11.7. The summed E-state index contributed by atoms with van der Waals surface area (Å²) in [5, 5.41) is 11.4. The molecular formula is C15H16F3NO3. The van der Waals surface area contributed by atoms with Crippen LogP contribution in [0, 0.1) is 23.4 Å². The first kappa shape index (κ1) is 16.3. The molecule has 120 valence electrons. The van der Waals surface area contributed by atoms with Gasteiger partial charge < -0.3 is 10.4 Å². The maximum Gasteiger partial charge on any atom is 0.326 e. The fourth-order valence-corrected chi connectivity index (χ4v) is 2.82. The number of carboxylic acids is 1. The van der Waals surface area contributed by atoms with Crippen LogP contribution in [0.3, 0.4) is 0 Å². The van der Waals surface area contributed by atoms with Gasteiger partial charge in [0.1, 0.15) is 29.1 Å². The van der Waals surface area contributed by atoms with Crippen LogP contribution in [0.4, 0.5) is 13.2 Å². The lowest BCUT2D eigenvalue weighted by molar-refractivity contribution is -0.141. The van der Waals surface area contributed by atoms with E-state index in [1.807, 2.05) is 0 Å². The number of carbonyl (C=O) groups excluding carboxylic acids is 1. The van der Waals surface area contributed by atoms with Gasteiger partial charge >= 0.3 is 5.97 Å². The van der Waals surface area contributed by atoms with E-state index in [9.17, 15) is 27.9 Å². The smallest absolute Gasteiger partial charge is 0.326 e. The highest BCUT2D eigenvalue weighted by Gasteiger charge is 2.32. The van der Waals surface area contributed by atoms with Crippen molar-refractivity contribution in [2.45, 2.75) is 38.1 Å². The average molecular weight is 315 g/mol. The molecule has 22 heavy (non-hydrogen) atoms. The normalized spacial score (nSPS) is 17.0. The van der Waals surface area contributed by atoms with E-state index in [4.69, 9.17) is 0 Å². The molecule has 7 heteroatoms. The van der Waals surface area contributed by atoms with Gasteiger partial charge in [-0.05, 0) is 18.8 Å². The summed E-state index contributed by atoms with van der Waals surface area (Å²) >= 11 is 0. The van der Waals surface area contributed by atoms with E-state index < -0.39 is 40.9 Å². The number of carboxylic acid groups (broad SMARTS) is 1. The summed E-state index contributed by atoms with van der Waals surface area (Å²) in [4.78, 5) is 23.3. The van der Waals surface area contributed by atoms with Crippen LogP contribution in [0.15, 0.2) is 12.1 Å². The molecule has 1 aliphatic carbocycles. The Morgan fingerprint density at radius 1 is 1.09 bits per heavy atom. The molecule has 0 heterocycles. The molecule has 4 nitrogen and oxygen atoms in total. The Morgan fingerprint density at radius 3 is 2.14 bits per heavy atom. The molecule has 0 bridgehead atoms. The van der Waals surface area contributed by atoms with Crippen molar-refractivity contribution in [2.75, 3.05) is 0 Å². The van der Waals surface area contributed by atoms with E-state index in [0.29, 0.717) is 25.0 Å². The number of benzene rings is 1. The third-order valence-electron chi connectivity index (χ3n) is 3.91. The molecule has 1 aromatic carbocycles. The predicted molar refractivity (Wildman–Crippen MR) is 71.8 cm³/mol. The lowest BCUT2D eigenvalue weighted by Gasteiger charge is -2.28. The summed E-state index contributed by atoms with van der Waals surface area (Å²) in [6, 6.07) is -0.445. The van der Waals surface area contributed by atoms with E-state index in [1.54, 1.807) is 0 Å². The van der Waals surface area contributed by atoms with Crippen LogP contribution in [0.1, 0.15) is 42.5 Å². The third-order valence-corrected chi connectivity index (χ3v) is 3.91. The Bertz CT molecular complexity index is 562. The Kier molecular flexibility index (Phi) is 5.05. The van der Waals surface area contributed by atoms with E-state index in [1.165, 1.54) is 0 Å². The van der Waals surface area contributed by atoms with Crippen LogP contribution >= 0.6 is 0 Å². The molecule has 1 fully saturated rings. The fourth-order valence-electron chi connectivity index (χ4n) is 2.82. The average Bonchev–Trinajstić information content (AvgIpc) is 2.44. The SMILES string of the molecule is O=C(N[C@@H](C(=O)O)C1CCCCC1)c1c(F)cc(F)cc1F. The predicted octanol–water partition coefficient (Wildman–Crippen LogP) is 2.87. The Hall–Kier alpha value is -2.05. The van der Waals surface area contributed by atoms with Crippen molar-refractivity contribution >= 4 is 11.9 Å². The summed E-state index contributed by atoms with van der Waals surface area (Å²) in [6.45, 7) is 0. The van der Waals surface area contributed by atoms with E-state index >= 15 is 0 Å². The maximum absolute atomic E-state index is 13.6. The minimum absolute atomic E-state index is 0.276. The second-order valence-electron chi connectivity index (χ2n) is 5.43. The van der Waals surface area contributed by atoms with Crippen molar-refractivity contribution in [1.82, 2.24) is 5.32 Å². The topological polar surface area (TPSA) is 66.4 Å². The van der Waals surface area contributed by atoms with Crippen LogP contribution in [0.25, 0.3) is 0 Å². The van der Waals surface area contributed by atoms with Crippen molar-refractivity contribution in [3.05, 3.63) is 35.1 Å². The summed E-state index contributed by atoms with van der Waals surface area (Å²) < 4.78 is 40.0. The zero-order valence-corrected chi connectivity index (χ0v) is 11.7. The highest BCUT2D eigenvalue weighted by molar-refractivity contribution is 5.97. The number of halogens is 3. The number of carbonyl (C=O) groups is 2. The monoisotopic (exact) mass is 315 g/mol. The number of amides is 1. The Balaban J connectivity index is 2.20. The lowest BCUT2D eigenvalue weighted by Crippen LogP contribution is -2.47. The molecule has 2 rings (SSSR count). The van der Waals surface area contributed by atoms with Gasteiger partial charge in [0, 0.05) is 12.1 Å². The van der Waals surface area contributed by atoms with Gasteiger partial charge in [0.15, 0.2) is 0 Å². The first-order chi connectivity index (χ1) is 10.4. The molecule has 0 saturated heterocycles. The second-order valence-corrected chi connectivity index (χ2v) is 5.43. The molecule has 0 aromatic heterocycles. The Morgan fingerprint density at radius 2 is 1.64 bits per heavy atom. The van der Waals surface area contributed by atoms with Gasteiger partial charge in [0.05, 0.1) is 0 Å². The van der Waals surface area contributed by atoms with E-state index in [-0.39, 0.29) is 5.92 Å². The van der Waals surface area contributed by atoms with E-state index in [2.05, 4.69) is 5.32 Å². The molecule has 0 spiro atoms. The van der Waals surface area contributed by atoms with Crippen LogP contribution in [-0.2, 0) is 4.79 Å². The van der Waals surface area contributed by atoms with Gasteiger partial charge in [0.2, 0.25) is 0 Å². The molecule has 0 aliphatic heterocycles. The number of rotatable bonds is 4. The number of hydrogen-bond acceptors (Lipinski definition) is 2. The number of nitrogens with one attached hydrogen (secondary N) is 1. The van der Waals surface area contributed by atoms with E-state index in [0.717, 1.165) is 19.3 Å². The van der Waals surface area contributed by atoms with Crippen LogP contribution in [0.2, 0.25) is 0 Å². The van der Waals surface area contributed by atoms with Gasteiger partial charge in [-0.3, -0.25) is 4.79 Å². The van der Waals surface area contributed by atoms with Crippen LogP contribution in [-0.4, -0.2) is 23.0 Å². The fraction of sp³-hybridized carbons (Fsp3) is 0.467. The number of hydrogen-bond donors (Lipinski definition) is 2. The summed E-state index contributed by atoms with van der Waals surface area (Å²) in [5.41, 5.74) is -0.969. The Labute approximate surface area is 125 Å². The molecular weight excluding hydrogens is 299 g/mol. The zero-order chi connectivity index (χ0) is 16.3. The van der Waals surface area contributed by atoms with Crippen molar-refractivity contribution in [3.63, 3.8) is 0 Å². The van der Waals surface area contributed by atoms with Crippen molar-refractivity contribution < 1.29 is 27.9 Å². The summed E-state index contributed by atoms with van der Waals surface area (Å²) in [7, 11) is 0. The van der Waals surface area contributed by atoms with Crippen molar-refractivity contribution in [3.8, 4) is 0 Å². The van der Waals surface area contributed by atoms with Crippen molar-refractivity contribution in [2.24, 2.45) is 5.92 Å². The van der Waals surface area contributed by atoms with Crippen LogP contribution < -0.4 is 5.32 Å². The second kappa shape index (κ2) is 6.81. The molecule has 1 aliphatic rings. The minimum atomic E-state index is -1.36. The standard InChI is InChI=1S/C15H16F3NO3/c16-9-6-10(17)12(11(18)7-9)14(20)19-13(15(21)22)8-4-2-1-3-5-8/h6-8,13H,1-5H2,(H,19,20)(H,21,22)/t13-/m1/s1. The molecule has 1 aromatic rings. The van der Waals surface area contributed by atoms with Gasteiger partial charge in [-0.1, -0.05) is 19.3 Å². The van der Waals surface area contributed by atoms with Gasteiger partial charge in [-0.25, -0.2) is 18.0 Å².